The molecule has 0 aromatic carbocycles. The summed E-state index contributed by atoms with van der Waals surface area (Å²) in [5.74, 6) is -0.210. The molecule has 0 saturated heterocycles. The quantitative estimate of drug-likeness (QED) is 0.799. The maximum Gasteiger partial charge on any atom is 0.267 e. The number of halogens is 3. The van der Waals surface area contributed by atoms with Crippen LogP contribution in [0.25, 0.3) is 0 Å². The molecule has 14 heavy (non-hydrogen) atoms. The minimum Gasteiger partial charge on any atom is -0.492 e. The van der Waals surface area contributed by atoms with Crippen molar-refractivity contribution in [3.8, 4) is 5.75 Å². The highest BCUT2D eigenvalue weighted by Crippen LogP contribution is 2.35. The summed E-state index contributed by atoms with van der Waals surface area (Å²) in [4.78, 5) is 3.70. The number of hydrogen-bond acceptors (Lipinski definition) is 3. The lowest BCUT2D eigenvalue weighted by Crippen LogP contribution is -2.04. The Morgan fingerprint density at radius 2 is 2.29 bits per heavy atom. The molecule has 6 heteroatoms. The van der Waals surface area contributed by atoms with Crippen LogP contribution in [0, 0.1) is 0 Å². The lowest BCUT2D eigenvalue weighted by molar-refractivity contribution is 0.146. The van der Waals surface area contributed by atoms with Crippen LogP contribution in [0.2, 0.25) is 0 Å². The van der Waals surface area contributed by atoms with Crippen LogP contribution in [0.15, 0.2) is 6.20 Å². The smallest absolute Gasteiger partial charge is 0.267 e. The zero-order valence-electron chi connectivity index (χ0n) is 7.43. The molecule has 1 heterocycles. The zero-order chi connectivity index (χ0) is 10.7. The maximum absolute atomic E-state index is 12.6. The number of aromatic nitrogens is 1. The Balaban J connectivity index is 3.36. The average Bonchev–Trinajstić information content (AvgIpc) is 2.17. The predicted molar refractivity (Wildman–Crippen MR) is 49.7 cm³/mol. The molecule has 0 aliphatic heterocycles. The van der Waals surface area contributed by atoms with Crippen molar-refractivity contribution in [1.29, 1.82) is 0 Å². The third kappa shape index (κ3) is 1.87. The van der Waals surface area contributed by atoms with Crippen LogP contribution < -0.4 is 10.5 Å². The Hall–Kier alpha value is -1.10. The van der Waals surface area contributed by atoms with Gasteiger partial charge in [-0.25, -0.2) is 13.8 Å². The van der Waals surface area contributed by atoms with Crippen LogP contribution in [0.3, 0.4) is 0 Å². The number of hydrogen-bond donors (Lipinski definition) is 1. The summed E-state index contributed by atoms with van der Waals surface area (Å²) in [5.41, 5.74) is 5.33. The molecule has 2 N–H and O–H groups in total. The van der Waals surface area contributed by atoms with Crippen LogP contribution >= 0.6 is 11.6 Å². The first-order valence-electron chi connectivity index (χ1n) is 3.77. The topological polar surface area (TPSA) is 48.1 Å². The van der Waals surface area contributed by atoms with E-state index < -0.39 is 6.43 Å². The summed E-state index contributed by atoms with van der Waals surface area (Å²) in [7, 11) is 1.26. The second-order valence-corrected chi connectivity index (χ2v) is 2.82. The number of ether oxygens (including phenoxy) is 1. The van der Waals surface area contributed by atoms with Crippen LogP contribution in [-0.4, -0.2) is 12.1 Å². The summed E-state index contributed by atoms with van der Waals surface area (Å²) in [6.07, 6.45) is -1.45. The lowest BCUT2D eigenvalue weighted by atomic mass is 10.1. The molecule has 0 amide bonds. The molecular weight excluding hydrogens is 214 g/mol. The number of nitrogens with zero attached hydrogens (tertiary/aromatic N) is 1. The van der Waals surface area contributed by atoms with Crippen LogP contribution in [0.5, 0.6) is 5.75 Å². The van der Waals surface area contributed by atoms with Gasteiger partial charge >= 0.3 is 0 Å². The number of alkyl halides is 3. The van der Waals surface area contributed by atoms with Gasteiger partial charge in [0.15, 0.2) is 11.6 Å². The Morgan fingerprint density at radius 3 is 2.71 bits per heavy atom. The van der Waals surface area contributed by atoms with Gasteiger partial charge < -0.3 is 10.5 Å². The van der Waals surface area contributed by atoms with E-state index in [-0.39, 0.29) is 28.6 Å². The summed E-state index contributed by atoms with van der Waals surface area (Å²) in [5, 5.41) is 0. The minimum absolute atomic E-state index is 0.0523. The molecule has 0 atom stereocenters. The Bertz CT molecular complexity index is 333. The summed E-state index contributed by atoms with van der Waals surface area (Å²) >= 11 is 5.49. The van der Waals surface area contributed by atoms with Crippen molar-refractivity contribution >= 4 is 17.4 Å². The van der Waals surface area contributed by atoms with E-state index in [1.165, 1.54) is 13.3 Å². The van der Waals surface area contributed by atoms with Crippen LogP contribution in [0.1, 0.15) is 17.6 Å². The summed E-state index contributed by atoms with van der Waals surface area (Å²) < 4.78 is 30.0. The first kappa shape index (κ1) is 11.0. The van der Waals surface area contributed by atoms with Crippen molar-refractivity contribution < 1.29 is 13.5 Å². The zero-order valence-corrected chi connectivity index (χ0v) is 8.18. The normalized spacial score (nSPS) is 10.6. The van der Waals surface area contributed by atoms with Crippen LogP contribution in [0.4, 0.5) is 14.6 Å². The first-order chi connectivity index (χ1) is 6.61. The van der Waals surface area contributed by atoms with Crippen molar-refractivity contribution in [3.05, 3.63) is 17.3 Å². The predicted octanol–water partition coefficient (Wildman–Crippen LogP) is 2.35. The number of methoxy groups -OCH3 is 1. The standard InChI is InChI=1S/C8H9ClF2N2O/c1-14-6-5(7(10)11)4(2-9)3-13-8(6)12/h3,7H,2H2,1H3,(H2,12,13). The van der Waals surface area contributed by atoms with Gasteiger partial charge in [0.25, 0.3) is 6.43 Å². The SMILES string of the molecule is COc1c(N)ncc(CCl)c1C(F)F. The summed E-state index contributed by atoms with van der Waals surface area (Å²) in [6.45, 7) is 0. The van der Waals surface area contributed by atoms with E-state index in [0.717, 1.165) is 0 Å². The van der Waals surface area contributed by atoms with Gasteiger partial charge in [-0.15, -0.1) is 11.6 Å². The fourth-order valence-corrected chi connectivity index (χ4v) is 1.33. The highest BCUT2D eigenvalue weighted by Gasteiger charge is 2.21. The van der Waals surface area contributed by atoms with Crippen molar-refractivity contribution in [2.24, 2.45) is 0 Å². The highest BCUT2D eigenvalue weighted by atomic mass is 35.5. The van der Waals surface area contributed by atoms with Crippen molar-refractivity contribution in [1.82, 2.24) is 4.98 Å². The second kappa shape index (κ2) is 4.41. The van der Waals surface area contributed by atoms with E-state index in [0.29, 0.717) is 0 Å². The van der Waals surface area contributed by atoms with Gasteiger partial charge in [-0.3, -0.25) is 0 Å². The van der Waals surface area contributed by atoms with E-state index in [1.807, 2.05) is 0 Å². The van der Waals surface area contributed by atoms with Crippen molar-refractivity contribution in [2.75, 3.05) is 12.8 Å². The Kier molecular flexibility index (Phi) is 3.46. The molecule has 1 aromatic heterocycles. The molecule has 0 aliphatic rings. The van der Waals surface area contributed by atoms with Gasteiger partial charge in [0.05, 0.1) is 12.7 Å². The second-order valence-electron chi connectivity index (χ2n) is 2.55. The third-order valence-electron chi connectivity index (χ3n) is 1.75. The largest absolute Gasteiger partial charge is 0.492 e. The van der Waals surface area contributed by atoms with E-state index in [9.17, 15) is 8.78 Å². The number of rotatable bonds is 3. The van der Waals surface area contributed by atoms with E-state index in [4.69, 9.17) is 22.1 Å². The molecular formula is C8H9ClF2N2O. The van der Waals surface area contributed by atoms with Gasteiger partial charge in [-0.2, -0.15) is 0 Å². The van der Waals surface area contributed by atoms with Crippen LogP contribution in [-0.2, 0) is 5.88 Å². The van der Waals surface area contributed by atoms with E-state index in [2.05, 4.69) is 4.98 Å². The molecule has 0 fully saturated rings. The van der Waals surface area contributed by atoms with Crippen molar-refractivity contribution in [3.63, 3.8) is 0 Å². The molecule has 3 nitrogen and oxygen atoms in total. The molecule has 1 aromatic rings. The Morgan fingerprint density at radius 1 is 1.64 bits per heavy atom. The molecule has 1 rings (SSSR count). The summed E-state index contributed by atoms with van der Waals surface area (Å²) in [6, 6.07) is 0. The molecule has 0 spiro atoms. The monoisotopic (exact) mass is 222 g/mol. The van der Waals surface area contributed by atoms with Gasteiger partial charge in [0.1, 0.15) is 0 Å². The minimum atomic E-state index is -2.68. The van der Waals surface area contributed by atoms with E-state index >= 15 is 0 Å². The van der Waals surface area contributed by atoms with Gasteiger partial charge in [-0.1, -0.05) is 0 Å². The first-order valence-corrected chi connectivity index (χ1v) is 4.30. The lowest BCUT2D eigenvalue weighted by Gasteiger charge is -2.12. The molecule has 0 radical (unpaired) electrons. The van der Waals surface area contributed by atoms with Gasteiger partial charge in [0.2, 0.25) is 0 Å². The highest BCUT2D eigenvalue weighted by molar-refractivity contribution is 6.17. The van der Waals surface area contributed by atoms with E-state index in [1.54, 1.807) is 0 Å². The number of nitrogen functional groups attached to an aromatic ring is 1. The average molecular weight is 223 g/mol. The maximum atomic E-state index is 12.6. The molecule has 0 aliphatic carbocycles. The van der Waals surface area contributed by atoms with Gasteiger partial charge in [-0.05, 0) is 5.56 Å². The number of nitrogens with two attached hydrogens (primary N) is 1. The molecule has 0 saturated carbocycles. The molecule has 0 unspecified atom stereocenters. The fourth-order valence-electron chi connectivity index (χ4n) is 1.12. The third-order valence-corrected chi connectivity index (χ3v) is 2.04. The van der Waals surface area contributed by atoms with Crippen molar-refractivity contribution in [2.45, 2.75) is 12.3 Å². The molecule has 78 valence electrons. The molecule has 0 bridgehead atoms. The number of pyridine rings is 1. The fraction of sp³-hybridized carbons (Fsp3) is 0.375. The number of anilines is 1. The Labute approximate surface area is 84.8 Å². The van der Waals surface area contributed by atoms with Gasteiger partial charge in [0, 0.05) is 12.1 Å².